The first-order chi connectivity index (χ1) is 12.1. The van der Waals surface area contributed by atoms with Crippen molar-refractivity contribution in [2.75, 3.05) is 0 Å². The molecular formula is C20H17ClN4. The first kappa shape index (κ1) is 16.9. The average Bonchev–Trinajstić information content (AvgIpc) is 2.89. The molecule has 3 rings (SSSR count). The fourth-order valence-corrected chi connectivity index (χ4v) is 2.89. The molecule has 1 aromatic carbocycles. The van der Waals surface area contributed by atoms with Crippen LogP contribution in [-0.4, -0.2) is 14.8 Å². The maximum Gasteiger partial charge on any atom is 0.101 e. The Morgan fingerprint density at radius 2 is 1.96 bits per heavy atom. The summed E-state index contributed by atoms with van der Waals surface area (Å²) in [5, 5.41) is 14.8. The average molecular weight is 349 g/mol. The second kappa shape index (κ2) is 7.33. The second-order valence-electron chi connectivity index (χ2n) is 5.72. The smallest absolute Gasteiger partial charge is 0.101 e. The topological polar surface area (TPSA) is 54.5 Å². The number of rotatable bonds is 4. The van der Waals surface area contributed by atoms with Crippen LogP contribution in [-0.2, 0) is 6.54 Å². The Hall–Kier alpha value is -2.90. The molecule has 2 heterocycles. The molecule has 2 aromatic heterocycles. The van der Waals surface area contributed by atoms with Crippen molar-refractivity contribution in [1.82, 2.24) is 14.8 Å². The Morgan fingerprint density at radius 1 is 1.20 bits per heavy atom. The highest BCUT2D eigenvalue weighted by Gasteiger charge is 2.13. The molecule has 0 bridgehead atoms. The molecule has 0 aliphatic carbocycles. The number of aromatic nitrogens is 3. The van der Waals surface area contributed by atoms with Gasteiger partial charge in [-0.2, -0.15) is 10.4 Å². The molecule has 5 heteroatoms. The van der Waals surface area contributed by atoms with Crippen LogP contribution in [0.5, 0.6) is 0 Å². The molecule has 0 radical (unpaired) electrons. The van der Waals surface area contributed by atoms with Crippen molar-refractivity contribution < 1.29 is 0 Å². The molecule has 0 unspecified atom stereocenters. The Kier molecular flexibility index (Phi) is 4.97. The summed E-state index contributed by atoms with van der Waals surface area (Å²) in [6.45, 7) is 4.52. The van der Waals surface area contributed by atoms with Crippen molar-refractivity contribution in [1.29, 1.82) is 5.26 Å². The molecule has 0 amide bonds. The van der Waals surface area contributed by atoms with Gasteiger partial charge in [0.25, 0.3) is 0 Å². The summed E-state index contributed by atoms with van der Waals surface area (Å²) >= 11 is 6.26. The van der Waals surface area contributed by atoms with Gasteiger partial charge in [0.05, 0.1) is 23.5 Å². The third-order valence-corrected chi connectivity index (χ3v) is 4.43. The van der Waals surface area contributed by atoms with E-state index in [-0.39, 0.29) is 0 Å². The summed E-state index contributed by atoms with van der Waals surface area (Å²) in [4.78, 5) is 4.26. The monoisotopic (exact) mass is 348 g/mol. The van der Waals surface area contributed by atoms with Gasteiger partial charge in [-0.1, -0.05) is 35.9 Å². The summed E-state index contributed by atoms with van der Waals surface area (Å²) in [5.41, 5.74) is 4.98. The normalized spacial score (nSPS) is 11.4. The fourth-order valence-electron chi connectivity index (χ4n) is 2.69. The molecule has 25 heavy (non-hydrogen) atoms. The van der Waals surface area contributed by atoms with Gasteiger partial charge in [-0.25, -0.2) is 0 Å². The largest absolute Gasteiger partial charge is 0.265 e. The van der Waals surface area contributed by atoms with Crippen LogP contribution in [0.4, 0.5) is 0 Å². The van der Waals surface area contributed by atoms with E-state index in [1.807, 2.05) is 67.1 Å². The highest BCUT2D eigenvalue weighted by molar-refractivity contribution is 6.31. The number of allylic oxidation sites excluding steroid dienone is 1. The molecule has 0 atom stereocenters. The van der Waals surface area contributed by atoms with Crippen LogP contribution >= 0.6 is 11.6 Å². The summed E-state index contributed by atoms with van der Waals surface area (Å²) in [6.07, 6.45) is 3.53. The fraction of sp³-hybridized carbons (Fsp3) is 0.150. The van der Waals surface area contributed by atoms with Crippen molar-refractivity contribution in [2.45, 2.75) is 20.4 Å². The van der Waals surface area contributed by atoms with Gasteiger partial charge < -0.3 is 0 Å². The van der Waals surface area contributed by atoms with E-state index >= 15 is 0 Å². The van der Waals surface area contributed by atoms with E-state index < -0.39 is 0 Å². The lowest BCUT2D eigenvalue weighted by Crippen LogP contribution is -2.04. The Balaban J connectivity index is 1.99. The van der Waals surface area contributed by atoms with Gasteiger partial charge in [0.2, 0.25) is 0 Å². The molecule has 0 spiro atoms. The maximum absolute atomic E-state index is 9.50. The predicted molar refractivity (Wildman–Crippen MR) is 100.0 cm³/mol. The Labute approximate surface area is 152 Å². The van der Waals surface area contributed by atoms with Crippen molar-refractivity contribution in [3.63, 3.8) is 0 Å². The lowest BCUT2D eigenvalue weighted by molar-refractivity contribution is 0.659. The zero-order valence-electron chi connectivity index (χ0n) is 14.1. The van der Waals surface area contributed by atoms with Crippen LogP contribution < -0.4 is 0 Å². The SMILES string of the molecule is Cc1nn(Cc2ccccc2Cl)c(C)c1C=C(C#N)c1ccccn1. The zero-order chi connectivity index (χ0) is 17.8. The lowest BCUT2D eigenvalue weighted by atomic mass is 10.1. The summed E-state index contributed by atoms with van der Waals surface area (Å²) in [7, 11) is 0. The highest BCUT2D eigenvalue weighted by atomic mass is 35.5. The van der Waals surface area contributed by atoms with Gasteiger partial charge >= 0.3 is 0 Å². The van der Waals surface area contributed by atoms with Crippen molar-refractivity contribution in [2.24, 2.45) is 0 Å². The number of pyridine rings is 1. The van der Waals surface area contributed by atoms with E-state index in [2.05, 4.69) is 16.2 Å². The molecule has 0 saturated heterocycles. The van der Waals surface area contributed by atoms with Gasteiger partial charge in [0.15, 0.2) is 0 Å². The van der Waals surface area contributed by atoms with E-state index in [1.165, 1.54) is 0 Å². The highest BCUT2D eigenvalue weighted by Crippen LogP contribution is 2.23. The van der Waals surface area contributed by atoms with E-state index in [4.69, 9.17) is 11.6 Å². The molecular weight excluding hydrogens is 332 g/mol. The van der Waals surface area contributed by atoms with Gasteiger partial charge in [0, 0.05) is 22.5 Å². The van der Waals surface area contributed by atoms with Crippen molar-refractivity contribution in [3.8, 4) is 6.07 Å². The first-order valence-corrected chi connectivity index (χ1v) is 8.28. The predicted octanol–water partition coefficient (Wildman–Crippen LogP) is 4.66. The van der Waals surface area contributed by atoms with Crippen molar-refractivity contribution >= 4 is 23.3 Å². The summed E-state index contributed by atoms with van der Waals surface area (Å²) in [5.74, 6) is 0. The minimum Gasteiger partial charge on any atom is -0.265 e. The molecule has 0 aliphatic heterocycles. The van der Waals surface area contributed by atoms with Gasteiger partial charge in [0.1, 0.15) is 6.07 Å². The van der Waals surface area contributed by atoms with Crippen LogP contribution in [0.1, 0.15) is 28.2 Å². The minimum atomic E-state index is 0.518. The standard InChI is InChI=1S/C20H17ClN4/c1-14-18(11-17(12-22)20-9-5-6-10-23-20)15(2)25(24-14)13-16-7-3-4-8-19(16)21/h3-11H,13H2,1-2H3. The second-order valence-corrected chi connectivity index (χ2v) is 6.13. The maximum atomic E-state index is 9.50. The zero-order valence-corrected chi connectivity index (χ0v) is 14.8. The molecule has 4 nitrogen and oxygen atoms in total. The van der Waals surface area contributed by atoms with Crippen LogP contribution in [0.2, 0.25) is 5.02 Å². The third-order valence-electron chi connectivity index (χ3n) is 4.07. The molecule has 124 valence electrons. The molecule has 0 N–H and O–H groups in total. The van der Waals surface area contributed by atoms with Crippen LogP contribution in [0.15, 0.2) is 48.7 Å². The number of hydrogen-bond acceptors (Lipinski definition) is 3. The quantitative estimate of drug-likeness (QED) is 0.644. The van der Waals surface area contributed by atoms with Gasteiger partial charge in [-0.15, -0.1) is 0 Å². The summed E-state index contributed by atoms with van der Waals surface area (Å²) in [6, 6.07) is 15.5. The van der Waals surface area contributed by atoms with Gasteiger partial charge in [-0.05, 0) is 43.7 Å². The molecule has 3 aromatic rings. The molecule has 0 aliphatic rings. The number of nitriles is 1. The van der Waals surface area contributed by atoms with Crippen LogP contribution in [0, 0.1) is 25.2 Å². The number of nitrogens with zero attached hydrogens (tertiary/aromatic N) is 4. The molecule has 0 saturated carbocycles. The van der Waals surface area contributed by atoms with E-state index in [1.54, 1.807) is 6.20 Å². The number of benzene rings is 1. The summed E-state index contributed by atoms with van der Waals surface area (Å²) < 4.78 is 1.91. The van der Waals surface area contributed by atoms with E-state index in [0.29, 0.717) is 17.8 Å². The van der Waals surface area contributed by atoms with Gasteiger partial charge in [-0.3, -0.25) is 9.67 Å². The number of hydrogen-bond donors (Lipinski definition) is 0. The number of aryl methyl sites for hydroxylation is 1. The Morgan fingerprint density at radius 3 is 2.64 bits per heavy atom. The van der Waals surface area contributed by atoms with Crippen LogP contribution in [0.3, 0.4) is 0 Å². The molecule has 0 fully saturated rings. The van der Waals surface area contributed by atoms with E-state index in [0.717, 1.165) is 27.5 Å². The Bertz CT molecular complexity index is 965. The third kappa shape index (κ3) is 3.62. The van der Waals surface area contributed by atoms with Crippen molar-refractivity contribution in [3.05, 3.63) is 81.9 Å². The minimum absolute atomic E-state index is 0.518. The lowest BCUT2D eigenvalue weighted by Gasteiger charge is -2.07. The van der Waals surface area contributed by atoms with Crippen LogP contribution in [0.25, 0.3) is 11.6 Å². The number of halogens is 1. The van der Waals surface area contributed by atoms with E-state index in [9.17, 15) is 5.26 Å². The first-order valence-electron chi connectivity index (χ1n) is 7.90.